The largest absolute Gasteiger partial charge is 0.393 e. The van der Waals surface area contributed by atoms with Crippen LogP contribution in [0.5, 0.6) is 0 Å². The molecule has 1 aromatic carbocycles. The fraction of sp³-hybridized carbons (Fsp3) is 0.385. The van der Waals surface area contributed by atoms with Crippen molar-refractivity contribution in [1.82, 2.24) is 5.32 Å². The summed E-state index contributed by atoms with van der Waals surface area (Å²) in [6.45, 7) is 0.936. The molecular formula is C13H15NO. The van der Waals surface area contributed by atoms with Gasteiger partial charge in [0.1, 0.15) is 0 Å². The van der Waals surface area contributed by atoms with E-state index in [0.29, 0.717) is 0 Å². The zero-order valence-corrected chi connectivity index (χ0v) is 8.66. The lowest BCUT2D eigenvalue weighted by molar-refractivity contribution is 0.164. The molecule has 0 amide bonds. The van der Waals surface area contributed by atoms with Crippen LogP contribution in [0, 0.1) is 0 Å². The standard InChI is InChI=1S/C13H15NO/c15-10-5-6-13-12(7-10)11-4-2-1-3-9(11)8-14-13/h1-4,10,14-15H,5-8H2. The molecular weight excluding hydrogens is 186 g/mol. The van der Waals surface area contributed by atoms with E-state index in [1.54, 1.807) is 0 Å². The van der Waals surface area contributed by atoms with Crippen LogP contribution in [-0.2, 0) is 6.54 Å². The second kappa shape index (κ2) is 3.38. The van der Waals surface area contributed by atoms with Crippen molar-refractivity contribution >= 4 is 5.57 Å². The van der Waals surface area contributed by atoms with Gasteiger partial charge in [-0.15, -0.1) is 0 Å². The highest BCUT2D eigenvalue weighted by molar-refractivity contribution is 5.73. The Hall–Kier alpha value is -1.28. The molecule has 0 aromatic heterocycles. The fourth-order valence-electron chi connectivity index (χ4n) is 2.56. The summed E-state index contributed by atoms with van der Waals surface area (Å²) in [5.41, 5.74) is 5.37. The van der Waals surface area contributed by atoms with Gasteiger partial charge in [-0.25, -0.2) is 0 Å². The predicted octanol–water partition coefficient (Wildman–Crippen LogP) is 2.05. The summed E-state index contributed by atoms with van der Waals surface area (Å²) in [5.74, 6) is 0. The molecule has 2 N–H and O–H groups in total. The van der Waals surface area contributed by atoms with Crippen LogP contribution in [0.25, 0.3) is 5.57 Å². The Morgan fingerprint density at radius 1 is 1.27 bits per heavy atom. The molecule has 15 heavy (non-hydrogen) atoms. The van der Waals surface area contributed by atoms with Crippen LogP contribution in [0.2, 0.25) is 0 Å². The van der Waals surface area contributed by atoms with Crippen molar-refractivity contribution in [3.05, 3.63) is 41.1 Å². The van der Waals surface area contributed by atoms with Gasteiger partial charge in [0, 0.05) is 18.7 Å². The first-order valence-electron chi connectivity index (χ1n) is 5.57. The van der Waals surface area contributed by atoms with E-state index < -0.39 is 0 Å². The van der Waals surface area contributed by atoms with Crippen molar-refractivity contribution in [2.45, 2.75) is 31.9 Å². The van der Waals surface area contributed by atoms with E-state index in [0.717, 1.165) is 25.8 Å². The molecule has 0 saturated heterocycles. The van der Waals surface area contributed by atoms with Gasteiger partial charge in [0.25, 0.3) is 0 Å². The third-order valence-electron chi connectivity index (χ3n) is 3.37. The highest BCUT2D eigenvalue weighted by Crippen LogP contribution is 2.35. The van der Waals surface area contributed by atoms with Gasteiger partial charge in [-0.1, -0.05) is 24.3 Å². The maximum atomic E-state index is 9.71. The Labute approximate surface area is 89.6 Å². The van der Waals surface area contributed by atoms with Gasteiger partial charge in [0.2, 0.25) is 0 Å². The quantitative estimate of drug-likeness (QED) is 0.673. The summed E-state index contributed by atoms with van der Waals surface area (Å²) < 4.78 is 0. The molecule has 1 aromatic rings. The van der Waals surface area contributed by atoms with E-state index in [9.17, 15) is 5.11 Å². The molecule has 1 aliphatic heterocycles. The van der Waals surface area contributed by atoms with Gasteiger partial charge < -0.3 is 10.4 Å². The average molecular weight is 201 g/mol. The Morgan fingerprint density at radius 3 is 3.07 bits per heavy atom. The molecule has 0 spiro atoms. The minimum atomic E-state index is -0.156. The number of hydrogen-bond acceptors (Lipinski definition) is 2. The van der Waals surface area contributed by atoms with Crippen LogP contribution < -0.4 is 5.32 Å². The van der Waals surface area contributed by atoms with Crippen molar-refractivity contribution in [3.63, 3.8) is 0 Å². The highest BCUT2D eigenvalue weighted by Gasteiger charge is 2.24. The molecule has 0 radical (unpaired) electrons. The summed E-state index contributed by atoms with van der Waals surface area (Å²) in [4.78, 5) is 0. The molecule has 1 aliphatic carbocycles. The minimum Gasteiger partial charge on any atom is -0.393 e. The van der Waals surface area contributed by atoms with E-state index in [-0.39, 0.29) is 6.10 Å². The maximum absolute atomic E-state index is 9.71. The third-order valence-corrected chi connectivity index (χ3v) is 3.37. The summed E-state index contributed by atoms with van der Waals surface area (Å²) in [6.07, 6.45) is 2.54. The molecule has 0 saturated carbocycles. The Balaban J connectivity index is 2.09. The molecule has 1 unspecified atom stereocenters. The first-order chi connectivity index (χ1) is 7.34. The Morgan fingerprint density at radius 2 is 2.13 bits per heavy atom. The van der Waals surface area contributed by atoms with Crippen molar-refractivity contribution in [2.24, 2.45) is 0 Å². The van der Waals surface area contributed by atoms with Crippen molar-refractivity contribution < 1.29 is 5.11 Å². The SMILES string of the molecule is OC1CCC2=C(C1)c1ccccc1CN2. The van der Waals surface area contributed by atoms with Crippen LogP contribution >= 0.6 is 0 Å². The van der Waals surface area contributed by atoms with Gasteiger partial charge in [-0.3, -0.25) is 0 Å². The van der Waals surface area contributed by atoms with E-state index in [1.807, 2.05) is 0 Å². The average Bonchev–Trinajstić information content (AvgIpc) is 2.29. The Bertz CT molecular complexity index is 422. The second-order valence-electron chi connectivity index (χ2n) is 4.36. The fourth-order valence-corrected chi connectivity index (χ4v) is 2.56. The van der Waals surface area contributed by atoms with Crippen LogP contribution in [0.4, 0.5) is 0 Å². The summed E-state index contributed by atoms with van der Waals surface area (Å²) in [5, 5.41) is 13.2. The first-order valence-corrected chi connectivity index (χ1v) is 5.57. The number of aliphatic hydroxyl groups is 1. The first kappa shape index (κ1) is 8.98. The predicted molar refractivity (Wildman–Crippen MR) is 60.1 cm³/mol. The number of aliphatic hydroxyl groups excluding tert-OH is 1. The highest BCUT2D eigenvalue weighted by atomic mass is 16.3. The minimum absolute atomic E-state index is 0.156. The zero-order valence-electron chi connectivity index (χ0n) is 8.66. The van der Waals surface area contributed by atoms with Gasteiger partial charge in [-0.2, -0.15) is 0 Å². The van der Waals surface area contributed by atoms with Gasteiger partial charge >= 0.3 is 0 Å². The van der Waals surface area contributed by atoms with Crippen molar-refractivity contribution in [2.75, 3.05) is 0 Å². The number of rotatable bonds is 0. The molecule has 0 bridgehead atoms. The smallest absolute Gasteiger partial charge is 0.0585 e. The number of allylic oxidation sites excluding steroid dienone is 1. The summed E-state index contributed by atoms with van der Waals surface area (Å²) >= 11 is 0. The lowest BCUT2D eigenvalue weighted by Crippen LogP contribution is -2.26. The van der Waals surface area contributed by atoms with E-state index in [1.165, 1.54) is 22.4 Å². The molecule has 1 atom stereocenters. The molecule has 3 rings (SSSR count). The van der Waals surface area contributed by atoms with Crippen LogP contribution in [0.15, 0.2) is 30.0 Å². The number of nitrogens with one attached hydrogen (secondary N) is 1. The van der Waals surface area contributed by atoms with Crippen molar-refractivity contribution in [3.8, 4) is 0 Å². The number of benzene rings is 1. The molecule has 1 heterocycles. The maximum Gasteiger partial charge on any atom is 0.0585 e. The van der Waals surface area contributed by atoms with Crippen LogP contribution in [-0.4, -0.2) is 11.2 Å². The lowest BCUT2D eigenvalue weighted by atomic mass is 9.85. The van der Waals surface area contributed by atoms with Gasteiger partial charge in [-0.05, 0) is 29.5 Å². The molecule has 2 nitrogen and oxygen atoms in total. The van der Waals surface area contributed by atoms with E-state index in [2.05, 4.69) is 29.6 Å². The molecule has 2 heteroatoms. The van der Waals surface area contributed by atoms with Gasteiger partial charge in [0.15, 0.2) is 0 Å². The number of hydrogen-bond donors (Lipinski definition) is 2. The van der Waals surface area contributed by atoms with Crippen LogP contribution in [0.3, 0.4) is 0 Å². The third kappa shape index (κ3) is 1.45. The normalized spacial score (nSPS) is 24.2. The summed E-state index contributed by atoms with van der Waals surface area (Å²) in [7, 11) is 0. The molecule has 2 aliphatic rings. The zero-order chi connectivity index (χ0) is 10.3. The second-order valence-corrected chi connectivity index (χ2v) is 4.36. The molecule has 0 fully saturated rings. The van der Waals surface area contributed by atoms with Crippen molar-refractivity contribution in [1.29, 1.82) is 0 Å². The van der Waals surface area contributed by atoms with Crippen LogP contribution in [0.1, 0.15) is 30.4 Å². The lowest BCUT2D eigenvalue weighted by Gasteiger charge is -2.30. The number of fused-ring (bicyclic) bond motifs is 2. The Kier molecular flexibility index (Phi) is 2.03. The topological polar surface area (TPSA) is 32.3 Å². The van der Waals surface area contributed by atoms with E-state index in [4.69, 9.17) is 0 Å². The monoisotopic (exact) mass is 201 g/mol. The molecule has 78 valence electrons. The van der Waals surface area contributed by atoms with Gasteiger partial charge in [0.05, 0.1) is 6.10 Å². The summed E-state index contributed by atoms with van der Waals surface area (Å²) in [6, 6.07) is 8.48. The van der Waals surface area contributed by atoms with E-state index >= 15 is 0 Å².